The molecule has 0 amide bonds. The van der Waals surface area contributed by atoms with Crippen molar-refractivity contribution >= 4 is 24.6 Å². The van der Waals surface area contributed by atoms with Gasteiger partial charge in [-0.25, -0.2) is 15.0 Å². The number of ether oxygens (including phenoxy) is 1. The molecule has 1 fully saturated rings. The fourth-order valence-electron chi connectivity index (χ4n) is 2.48. The van der Waals surface area contributed by atoms with Crippen molar-refractivity contribution in [3.8, 4) is 0 Å². The van der Waals surface area contributed by atoms with Crippen molar-refractivity contribution in [1.29, 1.82) is 0 Å². The van der Waals surface area contributed by atoms with E-state index in [1.807, 2.05) is 0 Å². The summed E-state index contributed by atoms with van der Waals surface area (Å²) < 4.78 is 23.9. The largest absolute Gasteiger partial charge is 0.387 e. The number of nitrogens with zero attached hydrogens (tertiary/aromatic N) is 4. The van der Waals surface area contributed by atoms with Gasteiger partial charge in [-0.05, 0) is 0 Å². The van der Waals surface area contributed by atoms with E-state index in [2.05, 4.69) is 15.0 Å². The predicted octanol–water partition coefficient (Wildman–Crippen LogP) is -0.362. The number of aliphatic hydroxyl groups excluding tert-OH is 2. The monoisotopic (exact) mass is 373 g/mol. The third kappa shape index (κ3) is 3.26. The topological polar surface area (TPSA) is 166 Å². The first-order valence-corrected chi connectivity index (χ1v) is 9.28. The molecule has 0 aliphatic carbocycles. The zero-order valence-corrected chi connectivity index (χ0v) is 14.5. The molecule has 3 rings (SSSR count). The Bertz CT molecular complexity index is 813. The maximum absolute atomic E-state index is 11.9. The Balaban J connectivity index is 1.80. The summed E-state index contributed by atoms with van der Waals surface area (Å²) in [5.74, 6) is 0.176. The number of aromatic nitrogens is 4. The van der Waals surface area contributed by atoms with Crippen LogP contribution in [-0.4, -0.2) is 65.2 Å². The molecule has 12 heteroatoms. The van der Waals surface area contributed by atoms with Gasteiger partial charge in [0.05, 0.1) is 18.6 Å². The maximum atomic E-state index is 11.9. The van der Waals surface area contributed by atoms with Gasteiger partial charge in [-0.3, -0.25) is 9.13 Å². The first-order valence-electron chi connectivity index (χ1n) is 7.64. The van der Waals surface area contributed by atoms with E-state index in [9.17, 15) is 19.7 Å². The van der Waals surface area contributed by atoms with Crippen molar-refractivity contribution in [2.24, 2.45) is 0 Å². The third-order valence-corrected chi connectivity index (χ3v) is 5.90. The summed E-state index contributed by atoms with van der Waals surface area (Å²) in [6.45, 7) is 2.75. The summed E-state index contributed by atoms with van der Waals surface area (Å²) in [7, 11) is -3.82. The number of nitrogen functional groups attached to an aromatic ring is 1. The van der Waals surface area contributed by atoms with Gasteiger partial charge in [0, 0.05) is 0 Å². The summed E-state index contributed by atoms with van der Waals surface area (Å²) >= 11 is 0. The zero-order chi connectivity index (χ0) is 18.4. The number of fused-ring (bicyclic) bond motifs is 1. The Morgan fingerprint density at radius 3 is 2.76 bits per heavy atom. The molecule has 1 aliphatic rings. The molecule has 1 unspecified atom stereocenters. The lowest BCUT2D eigenvalue weighted by Gasteiger charge is -2.19. The number of imidazole rings is 1. The first kappa shape index (κ1) is 18.2. The molecule has 1 saturated heterocycles. The molecule has 0 radical (unpaired) electrons. The van der Waals surface area contributed by atoms with E-state index in [4.69, 9.17) is 15.0 Å². The van der Waals surface area contributed by atoms with E-state index in [0.29, 0.717) is 11.2 Å². The molecule has 5 N–H and O–H groups in total. The highest BCUT2D eigenvalue weighted by Gasteiger charge is 2.45. The molecule has 3 heterocycles. The Kier molecular flexibility index (Phi) is 4.80. The van der Waals surface area contributed by atoms with Gasteiger partial charge in [0.15, 0.2) is 17.7 Å². The molecule has 138 valence electrons. The predicted molar refractivity (Wildman–Crippen MR) is 86.6 cm³/mol. The van der Waals surface area contributed by atoms with Crippen LogP contribution in [0.2, 0.25) is 0 Å². The van der Waals surface area contributed by atoms with Crippen LogP contribution in [0.5, 0.6) is 0 Å². The van der Waals surface area contributed by atoms with Crippen LogP contribution in [-0.2, 0) is 13.8 Å². The van der Waals surface area contributed by atoms with Crippen molar-refractivity contribution in [3.63, 3.8) is 0 Å². The molecule has 1 aliphatic heterocycles. The molecule has 0 spiro atoms. The van der Waals surface area contributed by atoms with Crippen LogP contribution in [0.4, 0.5) is 5.82 Å². The molecule has 0 aromatic carbocycles. The molecule has 0 bridgehead atoms. The van der Waals surface area contributed by atoms with Gasteiger partial charge in [-0.1, -0.05) is 13.8 Å². The van der Waals surface area contributed by atoms with Crippen molar-refractivity contribution in [1.82, 2.24) is 19.5 Å². The number of rotatable bonds is 5. The second kappa shape index (κ2) is 6.60. The summed E-state index contributed by atoms with van der Waals surface area (Å²) in [6, 6.07) is 0. The minimum Gasteiger partial charge on any atom is -0.387 e. The fraction of sp³-hybridized carbons (Fsp3) is 0.615. The van der Waals surface area contributed by atoms with E-state index in [0.717, 1.165) is 0 Å². The zero-order valence-electron chi connectivity index (χ0n) is 13.6. The molecule has 5 atom stereocenters. The minimum atomic E-state index is -3.82. The molecule has 11 nitrogen and oxygen atoms in total. The summed E-state index contributed by atoms with van der Waals surface area (Å²) in [5.41, 5.74) is 5.80. The second-order valence-corrected chi connectivity index (χ2v) is 8.50. The Hall–Kier alpha value is -1.62. The van der Waals surface area contributed by atoms with Gasteiger partial charge in [-0.15, -0.1) is 0 Å². The van der Waals surface area contributed by atoms with E-state index < -0.39 is 37.8 Å². The van der Waals surface area contributed by atoms with E-state index >= 15 is 0 Å². The van der Waals surface area contributed by atoms with Gasteiger partial charge >= 0.3 is 7.60 Å². The SMILES string of the molecule is CC(C)P(=O)(O)OC[C@H]1O[C@@H](n2cnc3c(N)ncnc32)[C@H](O)[C@@H]1O. The van der Waals surface area contributed by atoms with Crippen LogP contribution in [0.3, 0.4) is 0 Å². The lowest BCUT2D eigenvalue weighted by atomic mass is 10.1. The Morgan fingerprint density at radius 2 is 2.08 bits per heavy atom. The van der Waals surface area contributed by atoms with Crippen LogP contribution in [0.15, 0.2) is 12.7 Å². The van der Waals surface area contributed by atoms with Crippen molar-refractivity contribution < 1.29 is 28.9 Å². The number of hydrogen-bond donors (Lipinski definition) is 4. The average Bonchev–Trinajstić information content (AvgIpc) is 3.09. The smallest absolute Gasteiger partial charge is 0.330 e. The lowest BCUT2D eigenvalue weighted by Crippen LogP contribution is -2.33. The van der Waals surface area contributed by atoms with Crippen molar-refractivity contribution in [2.45, 2.75) is 44.0 Å². The standard InChI is InChI=1S/C13H20N5O6P/c1-6(2)25(21,22)23-3-7-9(19)10(20)13(24-7)18-5-17-8-11(14)15-4-16-12(8)18/h4-7,9-10,13,19-20H,3H2,1-2H3,(H,21,22)(H2,14,15,16)/t7-,9-,10-,13-/m1/s1. The molecule has 2 aromatic heterocycles. The number of aliphatic hydroxyl groups is 2. The van der Waals surface area contributed by atoms with Crippen LogP contribution in [0, 0.1) is 0 Å². The minimum absolute atomic E-state index is 0.176. The highest BCUT2D eigenvalue weighted by atomic mass is 31.2. The second-order valence-electron chi connectivity index (χ2n) is 6.08. The highest BCUT2D eigenvalue weighted by molar-refractivity contribution is 7.53. The Labute approximate surface area is 143 Å². The summed E-state index contributed by atoms with van der Waals surface area (Å²) in [4.78, 5) is 21.7. The Morgan fingerprint density at radius 1 is 1.36 bits per heavy atom. The molecule has 2 aromatic rings. The summed E-state index contributed by atoms with van der Waals surface area (Å²) in [6.07, 6.45) is -1.99. The fourth-order valence-corrected chi connectivity index (χ4v) is 3.14. The molecular weight excluding hydrogens is 353 g/mol. The third-order valence-electron chi connectivity index (χ3n) is 4.07. The van der Waals surface area contributed by atoms with Gasteiger partial charge in [0.25, 0.3) is 0 Å². The lowest BCUT2D eigenvalue weighted by molar-refractivity contribution is -0.0486. The molecule has 25 heavy (non-hydrogen) atoms. The maximum Gasteiger partial charge on any atom is 0.330 e. The van der Waals surface area contributed by atoms with Crippen molar-refractivity contribution in [2.75, 3.05) is 12.3 Å². The number of anilines is 1. The van der Waals surface area contributed by atoms with Crippen LogP contribution in [0.1, 0.15) is 20.1 Å². The average molecular weight is 373 g/mol. The molecule has 0 saturated carbocycles. The van der Waals surface area contributed by atoms with E-state index in [1.165, 1.54) is 17.2 Å². The van der Waals surface area contributed by atoms with Gasteiger partial charge in [-0.2, -0.15) is 0 Å². The van der Waals surface area contributed by atoms with Gasteiger partial charge in [0.1, 0.15) is 30.2 Å². The first-order chi connectivity index (χ1) is 11.7. The highest BCUT2D eigenvalue weighted by Crippen LogP contribution is 2.47. The quantitative estimate of drug-likeness (QED) is 0.508. The van der Waals surface area contributed by atoms with E-state index in [-0.39, 0.29) is 12.4 Å². The molecular formula is C13H20N5O6P. The normalized spacial score (nSPS) is 29.4. The van der Waals surface area contributed by atoms with E-state index in [1.54, 1.807) is 13.8 Å². The van der Waals surface area contributed by atoms with Crippen molar-refractivity contribution in [3.05, 3.63) is 12.7 Å². The van der Waals surface area contributed by atoms with Crippen LogP contribution >= 0.6 is 7.60 Å². The van der Waals surface area contributed by atoms with Gasteiger partial charge in [0.2, 0.25) is 0 Å². The van der Waals surface area contributed by atoms with Crippen LogP contribution in [0.25, 0.3) is 11.2 Å². The number of nitrogens with two attached hydrogens (primary N) is 1. The van der Waals surface area contributed by atoms with Crippen LogP contribution < -0.4 is 5.73 Å². The number of hydrogen-bond acceptors (Lipinski definition) is 9. The van der Waals surface area contributed by atoms with Gasteiger partial charge < -0.3 is 30.1 Å². The summed E-state index contributed by atoms with van der Waals surface area (Å²) in [5, 5.41) is 20.5.